The first-order valence-electron chi connectivity index (χ1n) is 11.3. The molecule has 0 aliphatic heterocycles. The number of nitrogen functional groups attached to an aromatic ring is 2. The van der Waals surface area contributed by atoms with Gasteiger partial charge in [0.2, 0.25) is 0 Å². The summed E-state index contributed by atoms with van der Waals surface area (Å²) in [5.41, 5.74) is 13.8. The number of anilines is 2. The summed E-state index contributed by atoms with van der Waals surface area (Å²) in [6.07, 6.45) is -6.71. The van der Waals surface area contributed by atoms with Gasteiger partial charge in [0.25, 0.3) is 0 Å². The van der Waals surface area contributed by atoms with Crippen molar-refractivity contribution in [3.05, 3.63) is 82.9 Å². The number of carboxylic acids is 1. The highest BCUT2D eigenvalue weighted by Gasteiger charge is 2.43. The van der Waals surface area contributed by atoms with Crippen molar-refractivity contribution in [3.8, 4) is 17.2 Å². The fourth-order valence-corrected chi connectivity index (χ4v) is 3.49. The van der Waals surface area contributed by atoms with E-state index < -0.39 is 30.2 Å². The quantitative estimate of drug-likeness (QED) is 0.0952. The monoisotopic (exact) mass is 548 g/mol. The van der Waals surface area contributed by atoms with Crippen molar-refractivity contribution in [2.45, 2.75) is 25.4 Å². The molecule has 0 bridgehead atoms. The number of hydrogen-bond acceptors (Lipinski definition) is 7. The lowest BCUT2D eigenvalue weighted by molar-refractivity contribution is -0.253. The van der Waals surface area contributed by atoms with Gasteiger partial charge in [-0.3, -0.25) is 0 Å². The summed E-state index contributed by atoms with van der Waals surface area (Å²) in [6, 6.07) is 13.4. The molecular weight excluding hydrogens is 524 g/mol. The minimum absolute atomic E-state index is 0.00341. The highest BCUT2D eigenvalue weighted by molar-refractivity contribution is 5.93. The summed E-state index contributed by atoms with van der Waals surface area (Å²) < 4.78 is 65.2. The second-order valence-corrected chi connectivity index (χ2v) is 8.27. The maximum atomic E-state index is 13.0. The summed E-state index contributed by atoms with van der Waals surface area (Å²) in [5.74, 6) is -2.48. The second kappa shape index (κ2) is 12.2. The Morgan fingerprint density at radius 2 is 1.62 bits per heavy atom. The Balaban J connectivity index is 1.73. The van der Waals surface area contributed by atoms with Crippen LogP contribution in [0, 0.1) is 0 Å². The van der Waals surface area contributed by atoms with Gasteiger partial charge in [0.15, 0.2) is 11.5 Å². The summed E-state index contributed by atoms with van der Waals surface area (Å²) in [4.78, 5) is 24.3. The third-order valence-corrected chi connectivity index (χ3v) is 5.32. The van der Waals surface area contributed by atoms with Crippen LogP contribution < -0.4 is 25.7 Å². The van der Waals surface area contributed by atoms with Crippen LogP contribution in [-0.4, -0.2) is 36.7 Å². The molecule has 0 aromatic heterocycles. The molecule has 3 rings (SSSR count). The molecule has 206 valence electrons. The van der Waals surface area contributed by atoms with E-state index in [-0.39, 0.29) is 29.1 Å². The highest BCUT2D eigenvalue weighted by Crippen LogP contribution is 2.31. The van der Waals surface area contributed by atoms with Gasteiger partial charge >= 0.3 is 24.5 Å². The molecule has 0 radical (unpaired) electrons. The maximum Gasteiger partial charge on any atom is 0.461 e. The average Bonchev–Trinajstić information content (AvgIpc) is 2.86. The molecule has 5 N–H and O–H groups in total. The Hall–Kier alpha value is -4.74. The van der Waals surface area contributed by atoms with Crippen LogP contribution in [0.25, 0.3) is 6.08 Å². The summed E-state index contributed by atoms with van der Waals surface area (Å²) in [7, 11) is 1.32. The fraction of sp³-hybridized carbons (Fsp3) is 0.185. The maximum absolute atomic E-state index is 13.0. The van der Waals surface area contributed by atoms with E-state index in [2.05, 4.69) is 4.74 Å². The van der Waals surface area contributed by atoms with E-state index >= 15 is 0 Å². The summed E-state index contributed by atoms with van der Waals surface area (Å²) in [5, 5.41) is 9.65. The van der Waals surface area contributed by atoms with Crippen molar-refractivity contribution in [3.63, 3.8) is 0 Å². The lowest BCUT2D eigenvalue weighted by atomic mass is 10.0. The van der Waals surface area contributed by atoms with Crippen LogP contribution >= 0.6 is 0 Å². The number of halogens is 4. The molecule has 0 spiro atoms. The Kier molecular flexibility index (Phi) is 9.02. The number of methoxy groups -OCH3 is 1. The van der Waals surface area contributed by atoms with Gasteiger partial charge in [-0.05, 0) is 84.6 Å². The topological polar surface area (TPSA) is 134 Å². The normalized spacial score (nSPS) is 11.8. The molecule has 3 aromatic carbocycles. The number of nitrogens with two attached hydrogens (primary N) is 2. The van der Waals surface area contributed by atoms with E-state index in [1.165, 1.54) is 31.4 Å². The Bertz CT molecular complexity index is 1360. The largest absolute Gasteiger partial charge is 0.493 e. The molecule has 0 fully saturated rings. The standard InChI is InChI=1S/C27H24F4N2O6/c1-37-23-13-15(10-18(24(34)35)4-2-16-11-19(32)14-20(33)12-16)3-9-22(23)38-25(36)17-5-7-21(8-6-17)39-27(30,31)26(28)29/h3,5-14,26H,2,4,32-33H2,1H3,(H,34,35). The van der Waals surface area contributed by atoms with Crippen molar-refractivity contribution < 1.29 is 46.5 Å². The number of esters is 1. The number of hydrogen-bond donors (Lipinski definition) is 3. The molecule has 0 saturated heterocycles. The van der Waals surface area contributed by atoms with E-state index in [4.69, 9.17) is 20.9 Å². The molecule has 0 unspecified atom stereocenters. The van der Waals surface area contributed by atoms with Gasteiger partial charge in [-0.25, -0.2) is 9.59 Å². The molecule has 12 heteroatoms. The van der Waals surface area contributed by atoms with Crippen molar-refractivity contribution in [2.75, 3.05) is 18.6 Å². The van der Waals surface area contributed by atoms with Gasteiger partial charge in [0.05, 0.1) is 12.7 Å². The Labute approximate surface area is 220 Å². The van der Waals surface area contributed by atoms with Crippen LogP contribution in [0.15, 0.2) is 66.2 Å². The molecular formula is C27H24F4N2O6. The van der Waals surface area contributed by atoms with Crippen LogP contribution in [-0.2, 0) is 11.2 Å². The van der Waals surface area contributed by atoms with Crippen molar-refractivity contribution in [1.82, 2.24) is 0 Å². The third kappa shape index (κ3) is 7.87. The third-order valence-electron chi connectivity index (χ3n) is 5.32. The van der Waals surface area contributed by atoms with E-state index in [1.54, 1.807) is 18.2 Å². The molecule has 0 atom stereocenters. The van der Waals surface area contributed by atoms with Crippen LogP contribution in [0.3, 0.4) is 0 Å². The molecule has 0 amide bonds. The average molecular weight is 548 g/mol. The first-order valence-corrected chi connectivity index (χ1v) is 11.3. The number of carboxylic acid groups (broad SMARTS) is 1. The minimum atomic E-state index is -4.68. The minimum Gasteiger partial charge on any atom is -0.493 e. The SMILES string of the molecule is COc1cc(C=C(CCc2cc(N)cc(N)c2)C(=O)O)ccc1OC(=O)c1ccc(OC(F)(F)C(F)F)cc1. The van der Waals surface area contributed by atoms with E-state index in [1.807, 2.05) is 0 Å². The Morgan fingerprint density at radius 3 is 2.18 bits per heavy atom. The van der Waals surface area contributed by atoms with E-state index in [0.717, 1.165) is 29.8 Å². The zero-order valence-corrected chi connectivity index (χ0v) is 20.5. The van der Waals surface area contributed by atoms with Gasteiger partial charge in [0.1, 0.15) is 5.75 Å². The van der Waals surface area contributed by atoms with Crippen molar-refractivity contribution >= 4 is 29.4 Å². The number of carbonyl (C=O) groups excluding carboxylic acids is 1. The zero-order valence-electron chi connectivity index (χ0n) is 20.5. The number of rotatable bonds is 11. The second-order valence-electron chi connectivity index (χ2n) is 8.27. The number of carbonyl (C=O) groups is 2. The molecule has 8 nitrogen and oxygen atoms in total. The van der Waals surface area contributed by atoms with Gasteiger partial charge in [-0.15, -0.1) is 0 Å². The first kappa shape index (κ1) is 28.8. The summed E-state index contributed by atoms with van der Waals surface area (Å²) in [6.45, 7) is 0. The van der Waals surface area contributed by atoms with Gasteiger partial charge in [-0.1, -0.05) is 6.07 Å². The van der Waals surface area contributed by atoms with Crippen LogP contribution in [0.2, 0.25) is 0 Å². The van der Waals surface area contributed by atoms with Gasteiger partial charge < -0.3 is 30.8 Å². The predicted octanol–water partition coefficient (Wildman–Crippen LogP) is 5.42. The smallest absolute Gasteiger partial charge is 0.461 e. The Morgan fingerprint density at radius 1 is 0.974 bits per heavy atom. The number of alkyl halides is 4. The lowest BCUT2D eigenvalue weighted by Crippen LogP contribution is -2.33. The van der Waals surface area contributed by atoms with Crippen LogP contribution in [0.1, 0.15) is 27.9 Å². The zero-order chi connectivity index (χ0) is 28.7. The number of benzene rings is 3. The predicted molar refractivity (Wildman–Crippen MR) is 135 cm³/mol. The first-order chi connectivity index (χ1) is 18.4. The van der Waals surface area contributed by atoms with Crippen LogP contribution in [0.5, 0.6) is 17.2 Å². The molecule has 39 heavy (non-hydrogen) atoms. The highest BCUT2D eigenvalue weighted by atomic mass is 19.3. The molecule has 0 heterocycles. The van der Waals surface area contributed by atoms with E-state index in [9.17, 15) is 32.3 Å². The number of aryl methyl sites for hydroxylation is 1. The van der Waals surface area contributed by atoms with Crippen LogP contribution in [0.4, 0.5) is 28.9 Å². The van der Waals surface area contributed by atoms with Crippen molar-refractivity contribution in [2.24, 2.45) is 0 Å². The summed E-state index contributed by atoms with van der Waals surface area (Å²) >= 11 is 0. The van der Waals surface area contributed by atoms with E-state index in [0.29, 0.717) is 23.4 Å². The lowest BCUT2D eigenvalue weighted by Gasteiger charge is -2.16. The van der Waals surface area contributed by atoms with Gasteiger partial charge in [-0.2, -0.15) is 17.6 Å². The molecule has 0 aliphatic carbocycles. The fourth-order valence-electron chi connectivity index (χ4n) is 3.49. The molecule has 3 aromatic rings. The van der Waals surface area contributed by atoms with Crippen molar-refractivity contribution in [1.29, 1.82) is 0 Å². The molecule has 0 aliphatic rings. The number of ether oxygens (including phenoxy) is 3. The van der Waals surface area contributed by atoms with Gasteiger partial charge in [0, 0.05) is 16.9 Å². The number of aliphatic carboxylic acids is 1. The molecule has 0 saturated carbocycles.